The Bertz CT molecular complexity index is 485. The Morgan fingerprint density at radius 2 is 2.32 bits per heavy atom. The average molecular weight is 295 g/mol. The van der Waals surface area contributed by atoms with Crippen LogP contribution in [0.5, 0.6) is 0 Å². The van der Waals surface area contributed by atoms with Crippen molar-refractivity contribution in [3.8, 4) is 0 Å². The molecule has 2 nitrogen and oxygen atoms in total. The Hall–Kier alpha value is -0.900. The van der Waals surface area contributed by atoms with Crippen molar-refractivity contribution in [2.75, 3.05) is 13.1 Å². The van der Waals surface area contributed by atoms with E-state index in [0.717, 1.165) is 31.0 Å². The summed E-state index contributed by atoms with van der Waals surface area (Å²) in [6.45, 7) is 4.20. The van der Waals surface area contributed by atoms with Crippen LogP contribution in [0.4, 0.5) is 0 Å². The van der Waals surface area contributed by atoms with Crippen molar-refractivity contribution in [3.05, 3.63) is 51.4 Å². The summed E-state index contributed by atoms with van der Waals surface area (Å²) in [6.07, 6.45) is 3.99. The molecule has 0 aliphatic carbocycles. The lowest BCUT2D eigenvalue weighted by atomic mass is 9.96. The van der Waals surface area contributed by atoms with Crippen LogP contribution in [0.15, 0.2) is 35.8 Å². The van der Waals surface area contributed by atoms with Gasteiger partial charge in [-0.25, -0.2) is 4.98 Å². The number of halogens is 1. The fraction of sp³-hybridized carbons (Fsp3) is 0.400. The summed E-state index contributed by atoms with van der Waals surface area (Å²) in [6, 6.07) is 8.16. The van der Waals surface area contributed by atoms with Crippen LogP contribution in [0.1, 0.15) is 29.8 Å². The molecule has 1 aromatic heterocycles. The van der Waals surface area contributed by atoms with Crippen molar-refractivity contribution in [1.82, 2.24) is 10.3 Å². The van der Waals surface area contributed by atoms with Gasteiger partial charge in [-0.3, -0.25) is 0 Å². The van der Waals surface area contributed by atoms with Crippen LogP contribution in [0.3, 0.4) is 0 Å². The van der Waals surface area contributed by atoms with E-state index in [-0.39, 0.29) is 0 Å². The first-order valence-corrected chi connectivity index (χ1v) is 7.90. The summed E-state index contributed by atoms with van der Waals surface area (Å²) < 4.78 is 0. The first-order valence-electron chi connectivity index (χ1n) is 6.64. The van der Waals surface area contributed by atoms with Crippen LogP contribution >= 0.6 is 22.9 Å². The van der Waals surface area contributed by atoms with Gasteiger partial charge < -0.3 is 5.32 Å². The van der Waals surface area contributed by atoms with Gasteiger partial charge in [0.2, 0.25) is 0 Å². The normalized spacial score (nSPS) is 12.5. The molecule has 2 aromatic rings. The molecule has 0 spiro atoms. The molecule has 1 atom stereocenters. The molecule has 0 bridgehead atoms. The van der Waals surface area contributed by atoms with Crippen molar-refractivity contribution >= 4 is 22.9 Å². The summed E-state index contributed by atoms with van der Waals surface area (Å²) >= 11 is 7.82. The van der Waals surface area contributed by atoms with Crippen LogP contribution in [0.2, 0.25) is 5.02 Å². The van der Waals surface area contributed by atoms with E-state index in [1.165, 1.54) is 10.6 Å². The third-order valence-corrected chi connectivity index (χ3v) is 4.08. The van der Waals surface area contributed by atoms with Crippen molar-refractivity contribution in [1.29, 1.82) is 0 Å². The Morgan fingerprint density at radius 3 is 3.00 bits per heavy atom. The highest BCUT2D eigenvalue weighted by atomic mass is 35.5. The maximum Gasteiger partial charge on any atom is 0.0931 e. The second-order valence-electron chi connectivity index (χ2n) is 4.59. The second-order valence-corrected chi connectivity index (χ2v) is 6.00. The van der Waals surface area contributed by atoms with E-state index in [2.05, 4.69) is 29.4 Å². The van der Waals surface area contributed by atoms with Gasteiger partial charge in [0, 0.05) is 35.5 Å². The molecule has 4 heteroatoms. The molecule has 1 unspecified atom stereocenters. The number of benzene rings is 1. The Balaban J connectivity index is 2.08. The lowest BCUT2D eigenvalue weighted by Crippen LogP contribution is -2.23. The van der Waals surface area contributed by atoms with E-state index >= 15 is 0 Å². The average Bonchev–Trinajstić information content (AvgIpc) is 2.91. The van der Waals surface area contributed by atoms with E-state index in [1.54, 1.807) is 11.3 Å². The lowest BCUT2D eigenvalue weighted by Gasteiger charge is -2.17. The van der Waals surface area contributed by atoms with E-state index < -0.39 is 0 Å². The van der Waals surface area contributed by atoms with Gasteiger partial charge in [-0.05, 0) is 30.7 Å². The minimum atomic E-state index is 0.427. The molecule has 0 fully saturated rings. The molecule has 0 saturated carbocycles. The quantitative estimate of drug-likeness (QED) is 0.777. The summed E-state index contributed by atoms with van der Waals surface area (Å²) in [5.74, 6) is 0.427. The monoisotopic (exact) mass is 294 g/mol. The molecule has 0 amide bonds. The Kier molecular flexibility index (Phi) is 5.83. The largest absolute Gasteiger partial charge is 0.316 e. The number of thiazole rings is 1. The van der Waals surface area contributed by atoms with Crippen LogP contribution < -0.4 is 5.32 Å². The first kappa shape index (κ1) is 14.5. The Labute approximate surface area is 123 Å². The minimum Gasteiger partial charge on any atom is -0.316 e. The number of rotatable bonds is 7. The van der Waals surface area contributed by atoms with Gasteiger partial charge in [0.05, 0.1) is 5.01 Å². The predicted molar refractivity (Wildman–Crippen MR) is 83.2 cm³/mol. The summed E-state index contributed by atoms with van der Waals surface area (Å²) in [4.78, 5) is 4.39. The molecule has 102 valence electrons. The summed E-state index contributed by atoms with van der Waals surface area (Å²) in [7, 11) is 0. The smallest absolute Gasteiger partial charge is 0.0931 e. The molecular weight excluding hydrogens is 276 g/mol. The van der Waals surface area contributed by atoms with Crippen molar-refractivity contribution in [2.45, 2.75) is 25.7 Å². The Morgan fingerprint density at radius 1 is 1.42 bits per heavy atom. The van der Waals surface area contributed by atoms with Crippen LogP contribution in [-0.4, -0.2) is 18.1 Å². The van der Waals surface area contributed by atoms with Gasteiger partial charge in [0.15, 0.2) is 0 Å². The molecule has 1 N–H and O–H groups in total. The molecule has 19 heavy (non-hydrogen) atoms. The van der Waals surface area contributed by atoms with Gasteiger partial charge in [0.1, 0.15) is 0 Å². The zero-order chi connectivity index (χ0) is 13.5. The first-order chi connectivity index (χ1) is 9.29. The highest BCUT2D eigenvalue weighted by Gasteiger charge is 2.14. The van der Waals surface area contributed by atoms with Crippen molar-refractivity contribution in [2.24, 2.45) is 0 Å². The molecule has 0 saturated heterocycles. The fourth-order valence-corrected chi connectivity index (χ4v) is 2.98. The number of hydrogen-bond donors (Lipinski definition) is 1. The van der Waals surface area contributed by atoms with E-state index in [0.29, 0.717) is 5.92 Å². The molecule has 1 heterocycles. The zero-order valence-corrected chi connectivity index (χ0v) is 12.7. The summed E-state index contributed by atoms with van der Waals surface area (Å²) in [5, 5.41) is 7.52. The van der Waals surface area contributed by atoms with Gasteiger partial charge in [-0.2, -0.15) is 0 Å². The van der Waals surface area contributed by atoms with E-state index in [1.807, 2.05) is 23.7 Å². The standard InChI is InChI=1S/C15H19ClN2S/c1-2-6-17-11-13(10-15-18-7-8-19-15)12-4-3-5-14(16)9-12/h3-5,7-9,13,17H,2,6,10-11H2,1H3. The topological polar surface area (TPSA) is 24.9 Å². The maximum absolute atomic E-state index is 6.10. The SMILES string of the molecule is CCCNCC(Cc1nccs1)c1cccc(Cl)c1. The van der Waals surface area contributed by atoms with Gasteiger partial charge >= 0.3 is 0 Å². The summed E-state index contributed by atoms with van der Waals surface area (Å²) in [5.41, 5.74) is 1.28. The molecular formula is C15H19ClN2S. The second kappa shape index (κ2) is 7.63. The highest BCUT2D eigenvalue weighted by molar-refractivity contribution is 7.09. The van der Waals surface area contributed by atoms with Crippen molar-refractivity contribution in [3.63, 3.8) is 0 Å². The number of hydrogen-bond acceptors (Lipinski definition) is 3. The maximum atomic E-state index is 6.10. The molecule has 0 aliphatic rings. The van der Waals surface area contributed by atoms with Gasteiger partial charge in [-0.1, -0.05) is 30.7 Å². The van der Waals surface area contributed by atoms with Crippen LogP contribution in [0, 0.1) is 0 Å². The number of nitrogens with one attached hydrogen (secondary N) is 1. The van der Waals surface area contributed by atoms with Crippen molar-refractivity contribution < 1.29 is 0 Å². The van der Waals surface area contributed by atoms with Crippen LogP contribution in [0.25, 0.3) is 0 Å². The molecule has 0 radical (unpaired) electrons. The third kappa shape index (κ3) is 4.60. The van der Waals surface area contributed by atoms with Gasteiger partial charge in [0.25, 0.3) is 0 Å². The van der Waals surface area contributed by atoms with Gasteiger partial charge in [-0.15, -0.1) is 11.3 Å². The lowest BCUT2D eigenvalue weighted by molar-refractivity contribution is 0.575. The molecule has 1 aromatic carbocycles. The third-order valence-electron chi connectivity index (χ3n) is 3.04. The number of aromatic nitrogens is 1. The predicted octanol–water partition coefficient (Wildman–Crippen LogP) is 4.12. The minimum absolute atomic E-state index is 0.427. The highest BCUT2D eigenvalue weighted by Crippen LogP contribution is 2.24. The number of nitrogens with zero attached hydrogens (tertiary/aromatic N) is 1. The zero-order valence-electron chi connectivity index (χ0n) is 11.1. The molecule has 0 aliphatic heterocycles. The van der Waals surface area contributed by atoms with E-state index in [4.69, 9.17) is 11.6 Å². The van der Waals surface area contributed by atoms with E-state index in [9.17, 15) is 0 Å². The van der Waals surface area contributed by atoms with Crippen LogP contribution in [-0.2, 0) is 6.42 Å². The fourth-order valence-electron chi connectivity index (χ4n) is 2.09. The molecule has 2 rings (SSSR count).